The summed E-state index contributed by atoms with van der Waals surface area (Å²) in [4.78, 5) is 16.9. The maximum absolute atomic E-state index is 12.1. The lowest BCUT2D eigenvalue weighted by atomic mass is 10.0. The minimum Gasteiger partial charge on any atom is -0.343 e. The van der Waals surface area contributed by atoms with Gasteiger partial charge in [-0.25, -0.2) is 4.98 Å². The number of carbonyl (C=O) groups excluding carboxylic acids is 1. The molecule has 0 spiro atoms. The van der Waals surface area contributed by atoms with E-state index >= 15 is 0 Å². The van der Waals surface area contributed by atoms with Crippen LogP contribution in [0, 0.1) is 0 Å². The van der Waals surface area contributed by atoms with E-state index in [2.05, 4.69) is 35.5 Å². The number of hydrogen-bond donors (Lipinski definition) is 1. The minimum absolute atomic E-state index is 0.113. The molecule has 1 amide bonds. The van der Waals surface area contributed by atoms with Gasteiger partial charge in [0.15, 0.2) is 0 Å². The number of benzene rings is 1. The number of nitrogens with zero attached hydrogens (tertiary/aromatic N) is 2. The Morgan fingerprint density at radius 1 is 0.909 bits per heavy atom. The molecule has 184 valence electrons. The van der Waals surface area contributed by atoms with Crippen molar-refractivity contribution in [3.63, 3.8) is 0 Å². The molecule has 0 aliphatic carbocycles. The van der Waals surface area contributed by atoms with E-state index in [1.54, 1.807) is 6.92 Å². The summed E-state index contributed by atoms with van der Waals surface area (Å²) in [6, 6.07) is 8.12. The summed E-state index contributed by atoms with van der Waals surface area (Å²) >= 11 is 0. The third kappa shape index (κ3) is 9.73. The Kier molecular flexibility index (Phi) is 12.9. The normalized spacial score (nSPS) is 12.2. The predicted molar refractivity (Wildman–Crippen MR) is 141 cm³/mol. The molecule has 1 atom stereocenters. The Hall–Kier alpha value is -2.10. The number of rotatable bonds is 18. The smallest absolute Gasteiger partial charge is 0.246 e. The molecule has 0 aliphatic rings. The summed E-state index contributed by atoms with van der Waals surface area (Å²) < 4.78 is 2.29. The number of aryl methyl sites for hydroxylation is 1. The number of hydrogen-bond acceptors (Lipinski definition) is 2. The van der Waals surface area contributed by atoms with Crippen molar-refractivity contribution in [2.24, 2.45) is 0 Å². The van der Waals surface area contributed by atoms with Crippen LogP contribution in [0.25, 0.3) is 11.0 Å². The molecule has 2 aromatic rings. The Labute approximate surface area is 202 Å². The van der Waals surface area contributed by atoms with Gasteiger partial charge >= 0.3 is 0 Å². The zero-order valence-corrected chi connectivity index (χ0v) is 21.5. The number of para-hydroxylation sites is 2. The third-order valence-electron chi connectivity index (χ3n) is 6.54. The number of imidazole rings is 1. The lowest BCUT2D eigenvalue weighted by molar-refractivity contribution is -0.118. The number of fused-ring (bicyclic) bond motifs is 1. The monoisotopic (exact) mass is 453 g/mol. The molecule has 0 radical (unpaired) electrons. The van der Waals surface area contributed by atoms with E-state index in [4.69, 9.17) is 4.98 Å². The van der Waals surface area contributed by atoms with E-state index in [-0.39, 0.29) is 11.9 Å². The number of nitrogens with one attached hydrogen (secondary N) is 1. The van der Waals surface area contributed by atoms with Gasteiger partial charge in [0.1, 0.15) is 5.82 Å². The van der Waals surface area contributed by atoms with Gasteiger partial charge in [0.05, 0.1) is 17.1 Å². The van der Waals surface area contributed by atoms with Gasteiger partial charge in [0.2, 0.25) is 5.91 Å². The van der Waals surface area contributed by atoms with Crippen molar-refractivity contribution in [3.8, 4) is 0 Å². The van der Waals surface area contributed by atoms with Crippen LogP contribution in [0.15, 0.2) is 36.4 Å². The van der Waals surface area contributed by atoms with Crippen LogP contribution >= 0.6 is 0 Å². The molecular formula is C29H47N3O. The highest BCUT2D eigenvalue weighted by Gasteiger charge is 2.18. The van der Waals surface area contributed by atoms with Crippen LogP contribution in [0.3, 0.4) is 0 Å². The van der Waals surface area contributed by atoms with Gasteiger partial charge in [-0.2, -0.15) is 0 Å². The van der Waals surface area contributed by atoms with E-state index in [0.717, 1.165) is 29.8 Å². The quantitative estimate of drug-likeness (QED) is 0.182. The van der Waals surface area contributed by atoms with Gasteiger partial charge in [0, 0.05) is 12.1 Å². The van der Waals surface area contributed by atoms with Crippen molar-refractivity contribution >= 4 is 16.9 Å². The van der Waals surface area contributed by atoms with Gasteiger partial charge in [-0.15, -0.1) is 0 Å². The maximum Gasteiger partial charge on any atom is 0.246 e. The highest BCUT2D eigenvalue weighted by molar-refractivity contribution is 5.92. The summed E-state index contributed by atoms with van der Waals surface area (Å²) in [5, 5.41) is 3.03. The highest BCUT2D eigenvalue weighted by atomic mass is 16.1. The topological polar surface area (TPSA) is 46.9 Å². The molecule has 4 heteroatoms. The first-order chi connectivity index (χ1) is 16.0. The first-order valence-electron chi connectivity index (χ1n) is 13.5. The fraction of sp³-hybridized carbons (Fsp3) is 0.655. The Bertz CT molecular complexity index is 839. The fourth-order valence-corrected chi connectivity index (χ4v) is 4.51. The second-order valence-corrected chi connectivity index (χ2v) is 9.68. The van der Waals surface area contributed by atoms with Crippen LogP contribution in [0.4, 0.5) is 0 Å². The van der Waals surface area contributed by atoms with Crippen LogP contribution in [-0.4, -0.2) is 15.5 Å². The molecule has 2 rings (SSSR count). The highest BCUT2D eigenvalue weighted by Crippen LogP contribution is 2.22. The molecule has 1 N–H and O–H groups in total. The van der Waals surface area contributed by atoms with Gasteiger partial charge in [-0.1, -0.05) is 109 Å². The van der Waals surface area contributed by atoms with E-state index in [1.807, 2.05) is 19.1 Å². The minimum atomic E-state index is -0.145. The summed E-state index contributed by atoms with van der Waals surface area (Å²) in [7, 11) is 0. The largest absolute Gasteiger partial charge is 0.343 e. The number of aromatic nitrogens is 2. The first kappa shape index (κ1) is 27.1. The molecule has 0 fully saturated rings. The van der Waals surface area contributed by atoms with Gasteiger partial charge < -0.3 is 9.88 Å². The average molecular weight is 454 g/mol. The molecule has 0 saturated carbocycles. The third-order valence-corrected chi connectivity index (χ3v) is 6.54. The summed E-state index contributed by atoms with van der Waals surface area (Å²) in [5.41, 5.74) is 2.67. The van der Waals surface area contributed by atoms with E-state index in [0.29, 0.717) is 5.57 Å². The molecule has 0 bridgehead atoms. The molecule has 1 unspecified atom stereocenters. The van der Waals surface area contributed by atoms with Crippen molar-refractivity contribution in [1.29, 1.82) is 0 Å². The number of amides is 1. The second-order valence-electron chi connectivity index (χ2n) is 9.68. The average Bonchev–Trinajstić information content (AvgIpc) is 3.18. The summed E-state index contributed by atoms with van der Waals surface area (Å²) in [6.45, 7) is 10.7. The standard InChI is InChI=1S/C29H47N3O/c1-5-6-7-8-9-10-11-12-13-14-15-16-17-20-23-32-27-22-19-18-21-26(27)31-28(32)25(4)30-29(33)24(2)3/h18-19,21-22,25H,2,5-17,20,23H2,1,3-4H3,(H,30,33). The van der Waals surface area contributed by atoms with Gasteiger partial charge in [-0.05, 0) is 32.4 Å². The fourth-order valence-electron chi connectivity index (χ4n) is 4.51. The second kappa shape index (κ2) is 15.7. The Morgan fingerprint density at radius 3 is 1.97 bits per heavy atom. The molecule has 1 aromatic heterocycles. The predicted octanol–water partition coefficient (Wildman–Crippen LogP) is 8.27. The maximum atomic E-state index is 12.1. The van der Waals surface area contributed by atoms with Crippen molar-refractivity contribution in [3.05, 3.63) is 42.2 Å². The van der Waals surface area contributed by atoms with Crippen molar-refractivity contribution in [2.75, 3.05) is 0 Å². The van der Waals surface area contributed by atoms with Gasteiger partial charge in [-0.3, -0.25) is 4.79 Å². The van der Waals surface area contributed by atoms with Crippen LogP contribution in [0.2, 0.25) is 0 Å². The van der Waals surface area contributed by atoms with Crippen LogP contribution < -0.4 is 5.32 Å². The van der Waals surface area contributed by atoms with Crippen molar-refractivity contribution in [1.82, 2.24) is 14.9 Å². The van der Waals surface area contributed by atoms with Gasteiger partial charge in [0.25, 0.3) is 0 Å². The lowest BCUT2D eigenvalue weighted by Gasteiger charge is -2.16. The molecular weight excluding hydrogens is 406 g/mol. The summed E-state index contributed by atoms with van der Waals surface area (Å²) in [6.07, 6.45) is 19.1. The molecule has 0 aliphatic heterocycles. The summed E-state index contributed by atoms with van der Waals surface area (Å²) in [5.74, 6) is 0.818. The molecule has 1 heterocycles. The van der Waals surface area contributed by atoms with Crippen molar-refractivity contribution < 1.29 is 4.79 Å². The van der Waals surface area contributed by atoms with E-state index in [9.17, 15) is 4.79 Å². The number of carbonyl (C=O) groups is 1. The van der Waals surface area contributed by atoms with E-state index in [1.165, 1.54) is 83.5 Å². The zero-order valence-electron chi connectivity index (χ0n) is 21.5. The van der Waals surface area contributed by atoms with Crippen LogP contribution in [0.1, 0.15) is 123 Å². The Balaban J connectivity index is 1.68. The first-order valence-corrected chi connectivity index (χ1v) is 13.5. The molecule has 33 heavy (non-hydrogen) atoms. The number of unbranched alkanes of at least 4 members (excludes halogenated alkanes) is 13. The Morgan fingerprint density at radius 2 is 1.42 bits per heavy atom. The zero-order chi connectivity index (χ0) is 23.9. The molecule has 0 saturated heterocycles. The van der Waals surface area contributed by atoms with Crippen LogP contribution in [-0.2, 0) is 11.3 Å². The van der Waals surface area contributed by atoms with Crippen molar-refractivity contribution in [2.45, 2.75) is 123 Å². The molecule has 4 nitrogen and oxygen atoms in total. The molecule has 1 aromatic carbocycles. The van der Waals surface area contributed by atoms with E-state index < -0.39 is 0 Å². The SMILES string of the molecule is C=C(C)C(=O)NC(C)c1nc2ccccc2n1CCCCCCCCCCCCCCCC. The lowest BCUT2D eigenvalue weighted by Crippen LogP contribution is -2.29. The van der Waals surface area contributed by atoms with Crippen LogP contribution in [0.5, 0.6) is 0 Å².